The van der Waals surface area contributed by atoms with Crippen LogP contribution in [0.3, 0.4) is 0 Å². The topological polar surface area (TPSA) is 84.6 Å². The van der Waals surface area contributed by atoms with Crippen molar-refractivity contribution in [3.05, 3.63) is 17.8 Å². The van der Waals surface area contributed by atoms with Crippen molar-refractivity contribution in [2.75, 3.05) is 13.2 Å². The van der Waals surface area contributed by atoms with Gasteiger partial charge in [-0.15, -0.1) is 0 Å². The molecular weight excluding hydrogens is 284 g/mol. The van der Waals surface area contributed by atoms with Crippen LogP contribution in [0.5, 0.6) is 0 Å². The number of carbonyl (C=O) groups excluding carboxylic acids is 1. The first-order valence-electron chi connectivity index (χ1n) is 8.07. The monoisotopic (exact) mass is 308 g/mol. The molecule has 0 unspecified atom stereocenters. The minimum Gasteiger partial charge on any atom is -0.446 e. The number of hydrogen-bond donors (Lipinski definition) is 2. The highest BCUT2D eigenvalue weighted by molar-refractivity contribution is 5.76. The Morgan fingerprint density at radius 3 is 2.91 bits per heavy atom. The van der Waals surface area contributed by atoms with Crippen molar-refractivity contribution in [1.82, 2.24) is 10.3 Å². The van der Waals surface area contributed by atoms with Crippen LogP contribution in [0.15, 0.2) is 10.6 Å². The van der Waals surface area contributed by atoms with E-state index in [1.807, 2.05) is 6.92 Å². The Kier molecular flexibility index (Phi) is 4.49. The van der Waals surface area contributed by atoms with Gasteiger partial charge in [-0.25, -0.2) is 4.98 Å². The number of aliphatic hydroxyl groups excluding tert-OH is 1. The largest absolute Gasteiger partial charge is 0.446 e. The Bertz CT molecular complexity index is 522. The normalized spacial score (nSPS) is 26.6. The van der Waals surface area contributed by atoms with Crippen LogP contribution in [0.2, 0.25) is 0 Å². The van der Waals surface area contributed by atoms with Gasteiger partial charge in [0.05, 0.1) is 12.3 Å². The van der Waals surface area contributed by atoms with Crippen molar-refractivity contribution in [3.63, 3.8) is 0 Å². The van der Waals surface area contributed by atoms with Crippen molar-refractivity contribution < 1.29 is 19.1 Å². The molecule has 1 aromatic heterocycles. The Labute approximate surface area is 130 Å². The maximum atomic E-state index is 12.1. The molecule has 2 aliphatic rings. The summed E-state index contributed by atoms with van der Waals surface area (Å²) in [6.07, 6.45) is 5.55. The Morgan fingerprint density at radius 1 is 1.50 bits per heavy atom. The molecule has 0 aromatic carbocycles. The van der Waals surface area contributed by atoms with E-state index >= 15 is 0 Å². The summed E-state index contributed by atoms with van der Waals surface area (Å²) in [5.41, 5.74) is -0.159. The van der Waals surface area contributed by atoms with Gasteiger partial charge in [-0.05, 0) is 32.6 Å². The van der Waals surface area contributed by atoms with E-state index in [4.69, 9.17) is 9.15 Å². The SMILES string of the molecule is Cc1cnc(CCCC(=O)N[C@@H]2C[C@@H](O)C23CCOCC3)o1. The van der Waals surface area contributed by atoms with Gasteiger partial charge in [0.1, 0.15) is 5.76 Å². The quantitative estimate of drug-likeness (QED) is 0.858. The molecule has 6 nitrogen and oxygen atoms in total. The highest BCUT2D eigenvalue weighted by Gasteiger charge is 2.55. The molecule has 0 bridgehead atoms. The van der Waals surface area contributed by atoms with Gasteiger partial charge in [0.15, 0.2) is 5.89 Å². The predicted octanol–water partition coefficient (Wildman–Crippen LogP) is 1.35. The zero-order valence-corrected chi connectivity index (χ0v) is 13.0. The summed E-state index contributed by atoms with van der Waals surface area (Å²) >= 11 is 0. The molecule has 1 saturated carbocycles. The van der Waals surface area contributed by atoms with Crippen molar-refractivity contribution in [1.29, 1.82) is 0 Å². The fourth-order valence-electron chi connectivity index (χ4n) is 3.58. The lowest BCUT2D eigenvalue weighted by atomic mass is 9.58. The van der Waals surface area contributed by atoms with Crippen molar-refractivity contribution in [2.24, 2.45) is 5.41 Å². The van der Waals surface area contributed by atoms with Crippen LogP contribution in [0.25, 0.3) is 0 Å². The summed E-state index contributed by atoms with van der Waals surface area (Å²) in [5, 5.41) is 13.2. The maximum absolute atomic E-state index is 12.1. The van der Waals surface area contributed by atoms with E-state index in [1.54, 1.807) is 6.20 Å². The second-order valence-corrected chi connectivity index (χ2v) is 6.44. The summed E-state index contributed by atoms with van der Waals surface area (Å²) in [6.45, 7) is 3.21. The van der Waals surface area contributed by atoms with Crippen LogP contribution in [0, 0.1) is 12.3 Å². The molecule has 2 N–H and O–H groups in total. The van der Waals surface area contributed by atoms with Crippen molar-refractivity contribution >= 4 is 5.91 Å². The third-order valence-electron chi connectivity index (χ3n) is 5.04. The third-order valence-corrected chi connectivity index (χ3v) is 5.04. The fraction of sp³-hybridized carbons (Fsp3) is 0.750. The lowest BCUT2D eigenvalue weighted by molar-refractivity contribution is -0.156. The van der Waals surface area contributed by atoms with Crippen LogP contribution in [-0.2, 0) is 16.0 Å². The number of hydrogen-bond acceptors (Lipinski definition) is 5. The smallest absolute Gasteiger partial charge is 0.220 e. The highest BCUT2D eigenvalue weighted by atomic mass is 16.5. The molecule has 1 aromatic rings. The summed E-state index contributed by atoms with van der Waals surface area (Å²) in [4.78, 5) is 16.2. The second-order valence-electron chi connectivity index (χ2n) is 6.44. The highest BCUT2D eigenvalue weighted by Crippen LogP contribution is 2.48. The number of oxazole rings is 1. The van der Waals surface area contributed by atoms with Gasteiger partial charge in [0, 0.05) is 37.5 Å². The zero-order chi connectivity index (χ0) is 15.6. The molecule has 2 atom stereocenters. The minimum absolute atomic E-state index is 0.0473. The van der Waals surface area contributed by atoms with Gasteiger partial charge < -0.3 is 19.6 Å². The van der Waals surface area contributed by atoms with E-state index in [9.17, 15) is 9.90 Å². The summed E-state index contributed by atoms with van der Waals surface area (Å²) in [6, 6.07) is 0.0860. The van der Waals surface area contributed by atoms with E-state index in [2.05, 4.69) is 10.3 Å². The average Bonchev–Trinajstić information content (AvgIpc) is 2.93. The van der Waals surface area contributed by atoms with Gasteiger partial charge >= 0.3 is 0 Å². The second kappa shape index (κ2) is 6.38. The number of aromatic nitrogens is 1. The van der Waals surface area contributed by atoms with Crippen molar-refractivity contribution in [3.8, 4) is 0 Å². The summed E-state index contributed by atoms with van der Waals surface area (Å²) in [7, 11) is 0. The average molecular weight is 308 g/mol. The Balaban J connectivity index is 1.43. The van der Waals surface area contributed by atoms with E-state index < -0.39 is 0 Å². The number of amides is 1. The standard InChI is InChI=1S/C16H24N2O4/c1-11-10-17-15(22-11)4-2-3-14(20)18-12-9-13(19)16(12)5-7-21-8-6-16/h10,12-13,19H,2-9H2,1H3,(H,18,20)/t12-,13-/m1/s1. The van der Waals surface area contributed by atoms with Crippen LogP contribution < -0.4 is 5.32 Å². The molecule has 2 fully saturated rings. The van der Waals surface area contributed by atoms with Crippen LogP contribution >= 0.6 is 0 Å². The third kappa shape index (κ3) is 3.03. The number of rotatable bonds is 5. The Morgan fingerprint density at radius 2 is 2.27 bits per heavy atom. The Hall–Kier alpha value is -1.40. The number of carbonyl (C=O) groups is 1. The minimum atomic E-state index is -0.308. The molecule has 1 saturated heterocycles. The number of ether oxygens (including phenoxy) is 1. The molecule has 0 radical (unpaired) electrons. The number of aliphatic hydroxyl groups is 1. The van der Waals surface area contributed by atoms with Gasteiger partial charge in [0.2, 0.25) is 5.91 Å². The summed E-state index contributed by atoms with van der Waals surface area (Å²) in [5.74, 6) is 1.53. The van der Waals surface area contributed by atoms with Crippen molar-refractivity contribution in [2.45, 2.75) is 57.6 Å². The molecule has 1 aliphatic heterocycles. The number of nitrogens with zero attached hydrogens (tertiary/aromatic N) is 1. The van der Waals surface area contributed by atoms with E-state index in [0.717, 1.165) is 25.0 Å². The molecule has 1 aliphatic carbocycles. The van der Waals surface area contributed by atoms with Crippen LogP contribution in [0.4, 0.5) is 0 Å². The molecule has 1 spiro atoms. The molecule has 3 rings (SSSR count). The van der Waals surface area contributed by atoms with Gasteiger partial charge in [0.25, 0.3) is 0 Å². The van der Waals surface area contributed by atoms with E-state index in [-0.39, 0.29) is 23.5 Å². The van der Waals surface area contributed by atoms with Gasteiger partial charge in [-0.2, -0.15) is 0 Å². The molecule has 6 heteroatoms. The molecule has 22 heavy (non-hydrogen) atoms. The number of aryl methyl sites for hydroxylation is 2. The first-order chi connectivity index (χ1) is 10.6. The molecule has 2 heterocycles. The molecular formula is C16H24N2O4. The first kappa shape index (κ1) is 15.5. The zero-order valence-electron chi connectivity index (χ0n) is 13.0. The maximum Gasteiger partial charge on any atom is 0.220 e. The summed E-state index contributed by atoms with van der Waals surface area (Å²) < 4.78 is 10.8. The van der Waals surface area contributed by atoms with Gasteiger partial charge in [-0.1, -0.05) is 0 Å². The van der Waals surface area contributed by atoms with Crippen LogP contribution in [-0.4, -0.2) is 41.4 Å². The number of nitrogens with one attached hydrogen (secondary N) is 1. The molecule has 122 valence electrons. The van der Waals surface area contributed by atoms with Crippen LogP contribution in [0.1, 0.15) is 43.8 Å². The van der Waals surface area contributed by atoms with Gasteiger partial charge in [-0.3, -0.25) is 4.79 Å². The lowest BCUT2D eigenvalue weighted by Gasteiger charge is -2.55. The lowest BCUT2D eigenvalue weighted by Crippen LogP contribution is -2.65. The molecule has 1 amide bonds. The predicted molar refractivity (Wildman–Crippen MR) is 79.2 cm³/mol. The van der Waals surface area contributed by atoms with E-state index in [0.29, 0.717) is 38.4 Å². The first-order valence-corrected chi connectivity index (χ1v) is 8.07. The van der Waals surface area contributed by atoms with E-state index in [1.165, 1.54) is 0 Å². The fourth-order valence-corrected chi connectivity index (χ4v) is 3.58.